The summed E-state index contributed by atoms with van der Waals surface area (Å²) in [4.78, 5) is 11.0. The van der Waals surface area contributed by atoms with E-state index in [1.807, 2.05) is 0 Å². The molecule has 0 aliphatic rings. The van der Waals surface area contributed by atoms with Gasteiger partial charge in [0.2, 0.25) is 0 Å². The molecule has 3 nitrogen and oxygen atoms in total. The maximum atomic E-state index is 11.0. The van der Waals surface area contributed by atoms with Crippen molar-refractivity contribution in [3.8, 4) is 0 Å². The highest BCUT2D eigenvalue weighted by atomic mass is 35.5. The topological polar surface area (TPSA) is 46.5 Å². The molecule has 0 rings (SSSR count). The summed E-state index contributed by atoms with van der Waals surface area (Å²) < 4.78 is 4.81. The first-order valence-electron chi connectivity index (χ1n) is 5.21. The van der Waals surface area contributed by atoms with Crippen molar-refractivity contribution >= 4 is 17.6 Å². The van der Waals surface area contributed by atoms with Gasteiger partial charge in [0.25, 0.3) is 0 Å². The van der Waals surface area contributed by atoms with Gasteiger partial charge in [-0.1, -0.05) is 19.1 Å². The molecule has 1 N–H and O–H groups in total. The number of carbonyl (C=O) groups is 1. The number of halogens is 1. The second-order valence-corrected chi connectivity index (χ2v) is 3.73. The third-order valence-corrected chi connectivity index (χ3v) is 2.19. The number of ether oxygens (including phenoxy) is 1. The second-order valence-electron chi connectivity index (χ2n) is 3.35. The standard InChI is InChI=1S/C11H19ClO3/c1-2-9-15-11(14)6-4-3-5-10(13)7-8-12/h2,10,13H,1,3-9H2/t10-/m1/s1. The third kappa shape index (κ3) is 9.76. The number of esters is 1. The van der Waals surface area contributed by atoms with E-state index in [1.54, 1.807) is 6.08 Å². The molecule has 0 aromatic carbocycles. The summed E-state index contributed by atoms with van der Waals surface area (Å²) in [6, 6.07) is 0. The van der Waals surface area contributed by atoms with Gasteiger partial charge in [0.15, 0.2) is 0 Å². The zero-order valence-corrected chi connectivity index (χ0v) is 9.71. The fourth-order valence-corrected chi connectivity index (χ4v) is 1.40. The van der Waals surface area contributed by atoms with Crippen molar-refractivity contribution in [2.24, 2.45) is 0 Å². The van der Waals surface area contributed by atoms with Crippen molar-refractivity contribution in [3.05, 3.63) is 12.7 Å². The van der Waals surface area contributed by atoms with E-state index in [9.17, 15) is 9.90 Å². The maximum Gasteiger partial charge on any atom is 0.306 e. The smallest absolute Gasteiger partial charge is 0.306 e. The van der Waals surface area contributed by atoms with Gasteiger partial charge >= 0.3 is 5.97 Å². The lowest BCUT2D eigenvalue weighted by molar-refractivity contribution is -0.142. The fraction of sp³-hybridized carbons (Fsp3) is 0.727. The van der Waals surface area contributed by atoms with Crippen molar-refractivity contribution in [1.29, 1.82) is 0 Å². The van der Waals surface area contributed by atoms with Crippen LogP contribution in [0.2, 0.25) is 0 Å². The predicted octanol–water partition coefficient (Wildman–Crippen LogP) is 2.27. The van der Waals surface area contributed by atoms with Crippen LogP contribution < -0.4 is 0 Å². The van der Waals surface area contributed by atoms with Gasteiger partial charge in [-0.05, 0) is 19.3 Å². The molecule has 1 atom stereocenters. The molecule has 0 spiro atoms. The summed E-state index contributed by atoms with van der Waals surface area (Å²) in [5, 5.41) is 9.34. The van der Waals surface area contributed by atoms with Crippen LogP contribution in [0.15, 0.2) is 12.7 Å². The minimum atomic E-state index is -0.341. The van der Waals surface area contributed by atoms with E-state index in [0.29, 0.717) is 25.1 Å². The lowest BCUT2D eigenvalue weighted by Crippen LogP contribution is -2.08. The minimum absolute atomic E-state index is 0.207. The van der Waals surface area contributed by atoms with Crippen molar-refractivity contribution in [2.45, 2.75) is 38.2 Å². The van der Waals surface area contributed by atoms with Gasteiger partial charge in [-0.25, -0.2) is 0 Å². The fourth-order valence-electron chi connectivity index (χ4n) is 1.14. The number of hydrogen-bond donors (Lipinski definition) is 1. The molecule has 0 saturated heterocycles. The third-order valence-electron chi connectivity index (χ3n) is 1.97. The van der Waals surface area contributed by atoms with Gasteiger partial charge in [-0.2, -0.15) is 0 Å². The Morgan fingerprint density at radius 2 is 2.20 bits per heavy atom. The molecule has 0 bridgehead atoms. The zero-order chi connectivity index (χ0) is 11.5. The summed E-state index contributed by atoms with van der Waals surface area (Å²) in [6.07, 6.45) is 4.48. The van der Waals surface area contributed by atoms with Crippen LogP contribution in [0.3, 0.4) is 0 Å². The summed E-state index contributed by atoms with van der Waals surface area (Å²) >= 11 is 5.47. The van der Waals surface area contributed by atoms with Crippen molar-refractivity contribution in [3.63, 3.8) is 0 Å². The number of carbonyl (C=O) groups excluding carboxylic acids is 1. The maximum absolute atomic E-state index is 11.0. The molecule has 0 fully saturated rings. The van der Waals surface area contributed by atoms with E-state index >= 15 is 0 Å². The molecule has 88 valence electrons. The first kappa shape index (κ1) is 14.5. The van der Waals surface area contributed by atoms with Gasteiger partial charge in [-0.3, -0.25) is 4.79 Å². The Bertz CT molecular complexity index is 183. The van der Waals surface area contributed by atoms with Crippen LogP contribution in [-0.2, 0) is 9.53 Å². The molecular weight excluding hydrogens is 216 g/mol. The number of aliphatic hydroxyl groups is 1. The quantitative estimate of drug-likeness (QED) is 0.288. The Morgan fingerprint density at radius 1 is 1.47 bits per heavy atom. The average Bonchev–Trinajstić information content (AvgIpc) is 2.22. The van der Waals surface area contributed by atoms with Crippen molar-refractivity contribution < 1.29 is 14.6 Å². The first-order valence-corrected chi connectivity index (χ1v) is 5.74. The molecule has 0 amide bonds. The summed E-state index contributed by atoms with van der Waals surface area (Å²) in [6.45, 7) is 3.72. The molecule has 0 unspecified atom stereocenters. The minimum Gasteiger partial charge on any atom is -0.461 e. The van der Waals surface area contributed by atoms with Gasteiger partial charge in [0, 0.05) is 12.3 Å². The van der Waals surface area contributed by atoms with Crippen LogP contribution in [0, 0.1) is 0 Å². The Kier molecular flexibility index (Phi) is 9.63. The zero-order valence-electron chi connectivity index (χ0n) is 8.95. The van der Waals surface area contributed by atoms with E-state index in [-0.39, 0.29) is 18.7 Å². The molecule has 0 aliphatic carbocycles. The highest BCUT2D eigenvalue weighted by Gasteiger charge is 2.05. The molecule has 0 aliphatic heterocycles. The number of unbranched alkanes of at least 4 members (excludes halogenated alkanes) is 1. The Hall–Kier alpha value is -0.540. The molecule has 0 heterocycles. The largest absolute Gasteiger partial charge is 0.461 e. The first-order chi connectivity index (χ1) is 7.20. The van der Waals surface area contributed by atoms with Crippen LogP contribution >= 0.6 is 11.6 Å². The number of hydrogen-bond acceptors (Lipinski definition) is 3. The number of alkyl halides is 1. The van der Waals surface area contributed by atoms with Gasteiger partial charge in [-0.15, -0.1) is 11.6 Å². The monoisotopic (exact) mass is 234 g/mol. The number of aliphatic hydroxyl groups excluding tert-OH is 1. The van der Waals surface area contributed by atoms with E-state index in [4.69, 9.17) is 16.3 Å². The van der Waals surface area contributed by atoms with E-state index in [0.717, 1.165) is 12.8 Å². The van der Waals surface area contributed by atoms with Gasteiger partial charge < -0.3 is 9.84 Å². The van der Waals surface area contributed by atoms with Crippen LogP contribution in [-0.4, -0.2) is 29.7 Å². The van der Waals surface area contributed by atoms with Crippen molar-refractivity contribution in [1.82, 2.24) is 0 Å². The highest BCUT2D eigenvalue weighted by Crippen LogP contribution is 2.07. The Balaban J connectivity index is 3.29. The lowest BCUT2D eigenvalue weighted by Gasteiger charge is -2.07. The summed E-state index contributed by atoms with van der Waals surface area (Å²) in [7, 11) is 0. The SMILES string of the molecule is C=CCOC(=O)CCCC[C@@H](O)CCCl. The van der Waals surface area contributed by atoms with Gasteiger partial charge in [0.1, 0.15) is 6.61 Å². The molecule has 0 aromatic rings. The van der Waals surface area contributed by atoms with Crippen LogP contribution in [0.4, 0.5) is 0 Å². The van der Waals surface area contributed by atoms with Crippen molar-refractivity contribution in [2.75, 3.05) is 12.5 Å². The normalized spacial score (nSPS) is 12.1. The molecule has 0 aromatic heterocycles. The second kappa shape index (κ2) is 9.99. The summed E-state index contributed by atoms with van der Waals surface area (Å²) in [5.41, 5.74) is 0. The Morgan fingerprint density at radius 3 is 2.80 bits per heavy atom. The average molecular weight is 235 g/mol. The van der Waals surface area contributed by atoms with E-state index < -0.39 is 0 Å². The highest BCUT2D eigenvalue weighted by molar-refractivity contribution is 6.17. The molecule has 4 heteroatoms. The number of rotatable bonds is 9. The molecule has 0 saturated carbocycles. The van der Waals surface area contributed by atoms with Crippen LogP contribution in [0.25, 0.3) is 0 Å². The molecule has 15 heavy (non-hydrogen) atoms. The van der Waals surface area contributed by atoms with Gasteiger partial charge in [0.05, 0.1) is 6.10 Å². The Labute approximate surface area is 96.1 Å². The molecule has 0 radical (unpaired) electrons. The van der Waals surface area contributed by atoms with E-state index in [1.165, 1.54) is 0 Å². The van der Waals surface area contributed by atoms with Crippen LogP contribution in [0.5, 0.6) is 0 Å². The lowest BCUT2D eigenvalue weighted by atomic mass is 10.1. The van der Waals surface area contributed by atoms with E-state index in [2.05, 4.69) is 6.58 Å². The molecular formula is C11H19ClO3. The van der Waals surface area contributed by atoms with Crippen LogP contribution in [0.1, 0.15) is 32.1 Å². The summed E-state index contributed by atoms with van der Waals surface area (Å²) in [5.74, 6) is 0.268. The predicted molar refractivity (Wildman–Crippen MR) is 61.0 cm³/mol.